The van der Waals surface area contributed by atoms with Crippen LogP contribution in [0.4, 0.5) is 5.69 Å². The van der Waals surface area contributed by atoms with Gasteiger partial charge in [0.2, 0.25) is 0 Å². The monoisotopic (exact) mass is 298 g/mol. The van der Waals surface area contributed by atoms with Gasteiger partial charge in [-0.05, 0) is 23.6 Å². The van der Waals surface area contributed by atoms with Crippen molar-refractivity contribution in [1.29, 1.82) is 5.26 Å². The first-order valence-electron chi connectivity index (χ1n) is 6.72. The number of carbonyl (C=O) groups is 1. The summed E-state index contributed by atoms with van der Waals surface area (Å²) in [5, 5.41) is 10.7. The first kappa shape index (κ1) is 13.6. The van der Waals surface area contributed by atoms with Gasteiger partial charge in [-0.25, -0.2) is 4.98 Å². The number of aromatic nitrogens is 1. The molecular weight excluding hydrogens is 284 g/mol. The van der Waals surface area contributed by atoms with Crippen molar-refractivity contribution in [2.45, 2.75) is 0 Å². The van der Waals surface area contributed by atoms with Crippen LogP contribution in [0.5, 0.6) is 0 Å². The zero-order valence-corrected chi connectivity index (χ0v) is 12.2. The Morgan fingerprint density at radius 3 is 2.62 bits per heavy atom. The quantitative estimate of drug-likeness (QED) is 0.850. The Morgan fingerprint density at radius 1 is 1.24 bits per heavy atom. The largest absolute Gasteiger partial charge is 0.367 e. The number of pyridine rings is 1. The van der Waals surface area contributed by atoms with E-state index in [0.717, 1.165) is 23.7 Å². The van der Waals surface area contributed by atoms with Gasteiger partial charge >= 0.3 is 0 Å². The predicted octanol–water partition coefficient (Wildman–Crippen LogP) is 1.98. The van der Waals surface area contributed by atoms with Gasteiger partial charge in [-0.1, -0.05) is 6.07 Å². The number of thiophene rings is 1. The molecule has 106 valence electrons. The summed E-state index contributed by atoms with van der Waals surface area (Å²) in [5.41, 5.74) is 1.42. The van der Waals surface area contributed by atoms with Crippen LogP contribution in [0.25, 0.3) is 0 Å². The molecule has 2 aromatic heterocycles. The topological polar surface area (TPSA) is 60.2 Å². The van der Waals surface area contributed by atoms with Crippen LogP contribution in [0.1, 0.15) is 15.4 Å². The Bertz CT molecular complexity index is 652. The van der Waals surface area contributed by atoms with Crippen molar-refractivity contribution in [1.82, 2.24) is 9.88 Å². The molecule has 0 bridgehead atoms. The minimum atomic E-state index is 0.114. The first-order chi connectivity index (χ1) is 10.3. The highest BCUT2D eigenvalue weighted by molar-refractivity contribution is 7.12. The van der Waals surface area contributed by atoms with E-state index in [1.165, 1.54) is 11.3 Å². The standard InChI is InChI=1S/C15H14N4OS/c16-10-12-3-4-13(11-17-12)18-5-7-19(8-6-18)15(20)14-2-1-9-21-14/h1-4,9,11H,5-8H2. The van der Waals surface area contributed by atoms with Crippen molar-refractivity contribution in [3.8, 4) is 6.07 Å². The van der Waals surface area contributed by atoms with Crippen molar-refractivity contribution >= 4 is 22.9 Å². The third-order valence-electron chi connectivity index (χ3n) is 3.53. The highest BCUT2D eigenvalue weighted by atomic mass is 32.1. The molecule has 1 fully saturated rings. The third kappa shape index (κ3) is 2.88. The highest BCUT2D eigenvalue weighted by Gasteiger charge is 2.22. The molecule has 1 amide bonds. The summed E-state index contributed by atoms with van der Waals surface area (Å²) in [6, 6.07) is 9.40. The van der Waals surface area contributed by atoms with E-state index >= 15 is 0 Å². The summed E-state index contributed by atoms with van der Waals surface area (Å²) in [6.07, 6.45) is 1.72. The van der Waals surface area contributed by atoms with Gasteiger partial charge in [0.15, 0.2) is 0 Å². The lowest BCUT2D eigenvalue weighted by molar-refractivity contribution is 0.0751. The van der Waals surface area contributed by atoms with E-state index in [9.17, 15) is 4.79 Å². The molecule has 0 aliphatic carbocycles. The number of hydrogen-bond donors (Lipinski definition) is 0. The number of nitrogens with zero attached hydrogens (tertiary/aromatic N) is 4. The minimum Gasteiger partial charge on any atom is -0.367 e. The molecule has 3 heterocycles. The number of amides is 1. The molecular formula is C15H14N4OS. The number of hydrogen-bond acceptors (Lipinski definition) is 5. The number of carbonyl (C=O) groups excluding carboxylic acids is 1. The number of nitriles is 1. The van der Waals surface area contributed by atoms with Gasteiger partial charge in [0, 0.05) is 26.2 Å². The first-order valence-corrected chi connectivity index (χ1v) is 7.60. The molecule has 2 aromatic rings. The van der Waals surface area contributed by atoms with Crippen LogP contribution in [0.2, 0.25) is 0 Å². The molecule has 0 saturated carbocycles. The van der Waals surface area contributed by atoms with E-state index < -0.39 is 0 Å². The average Bonchev–Trinajstić information content (AvgIpc) is 3.09. The second-order valence-electron chi connectivity index (χ2n) is 4.77. The van der Waals surface area contributed by atoms with Gasteiger partial charge < -0.3 is 9.80 Å². The maximum atomic E-state index is 12.3. The van der Waals surface area contributed by atoms with E-state index in [0.29, 0.717) is 18.8 Å². The van der Waals surface area contributed by atoms with E-state index in [1.54, 1.807) is 12.3 Å². The van der Waals surface area contributed by atoms with Crippen LogP contribution in [0, 0.1) is 11.3 Å². The van der Waals surface area contributed by atoms with Gasteiger partial charge in [0.25, 0.3) is 5.91 Å². The molecule has 1 aliphatic rings. The van der Waals surface area contributed by atoms with Gasteiger partial charge in [-0.2, -0.15) is 5.26 Å². The maximum absolute atomic E-state index is 12.3. The Labute approximate surface area is 127 Å². The molecule has 21 heavy (non-hydrogen) atoms. The summed E-state index contributed by atoms with van der Waals surface area (Å²) >= 11 is 1.48. The van der Waals surface area contributed by atoms with Crippen LogP contribution >= 0.6 is 11.3 Å². The minimum absolute atomic E-state index is 0.114. The lowest BCUT2D eigenvalue weighted by Gasteiger charge is -2.35. The second-order valence-corrected chi connectivity index (χ2v) is 5.72. The normalized spacial score (nSPS) is 14.8. The maximum Gasteiger partial charge on any atom is 0.264 e. The molecule has 3 rings (SSSR count). The van der Waals surface area contributed by atoms with Crippen LogP contribution in [0.15, 0.2) is 35.8 Å². The van der Waals surface area contributed by atoms with Crippen LogP contribution in [0.3, 0.4) is 0 Å². The van der Waals surface area contributed by atoms with Crippen LogP contribution in [-0.4, -0.2) is 42.0 Å². The summed E-state index contributed by atoms with van der Waals surface area (Å²) in [5.74, 6) is 0.114. The lowest BCUT2D eigenvalue weighted by atomic mass is 10.2. The number of piperazine rings is 1. The van der Waals surface area contributed by atoms with Crippen molar-refractivity contribution < 1.29 is 4.79 Å². The Morgan fingerprint density at radius 2 is 2.05 bits per heavy atom. The molecule has 5 nitrogen and oxygen atoms in total. The summed E-state index contributed by atoms with van der Waals surface area (Å²) < 4.78 is 0. The molecule has 0 aromatic carbocycles. The van der Waals surface area contributed by atoms with Gasteiger partial charge in [0.05, 0.1) is 16.8 Å². The van der Waals surface area contributed by atoms with E-state index in [1.807, 2.05) is 34.5 Å². The zero-order chi connectivity index (χ0) is 14.7. The molecule has 0 unspecified atom stereocenters. The molecule has 0 atom stereocenters. The molecule has 0 radical (unpaired) electrons. The Hall–Kier alpha value is -2.39. The predicted molar refractivity (Wildman–Crippen MR) is 81.4 cm³/mol. The molecule has 0 spiro atoms. The van der Waals surface area contributed by atoms with Crippen LogP contribution < -0.4 is 4.90 Å². The van der Waals surface area contributed by atoms with Crippen molar-refractivity contribution in [2.75, 3.05) is 31.1 Å². The van der Waals surface area contributed by atoms with E-state index in [-0.39, 0.29) is 5.91 Å². The van der Waals surface area contributed by atoms with Crippen LogP contribution in [-0.2, 0) is 0 Å². The Kier molecular flexibility index (Phi) is 3.84. The molecule has 0 N–H and O–H groups in total. The summed E-state index contributed by atoms with van der Waals surface area (Å²) in [7, 11) is 0. The lowest BCUT2D eigenvalue weighted by Crippen LogP contribution is -2.48. The van der Waals surface area contributed by atoms with Crippen molar-refractivity contribution in [3.63, 3.8) is 0 Å². The van der Waals surface area contributed by atoms with E-state index in [2.05, 4.69) is 9.88 Å². The smallest absolute Gasteiger partial charge is 0.264 e. The van der Waals surface area contributed by atoms with Gasteiger partial charge in [-0.15, -0.1) is 11.3 Å². The summed E-state index contributed by atoms with van der Waals surface area (Å²) in [6.45, 7) is 2.98. The SMILES string of the molecule is N#Cc1ccc(N2CCN(C(=O)c3cccs3)CC2)cn1. The highest BCUT2D eigenvalue weighted by Crippen LogP contribution is 2.18. The Balaban J connectivity index is 1.62. The number of rotatable bonds is 2. The average molecular weight is 298 g/mol. The van der Waals surface area contributed by atoms with E-state index in [4.69, 9.17) is 5.26 Å². The fraction of sp³-hybridized carbons (Fsp3) is 0.267. The molecule has 6 heteroatoms. The molecule has 1 saturated heterocycles. The van der Waals surface area contributed by atoms with Gasteiger partial charge in [0.1, 0.15) is 11.8 Å². The fourth-order valence-corrected chi connectivity index (χ4v) is 3.05. The van der Waals surface area contributed by atoms with Gasteiger partial charge in [-0.3, -0.25) is 4.79 Å². The number of anilines is 1. The molecule has 1 aliphatic heterocycles. The van der Waals surface area contributed by atoms with Crippen molar-refractivity contribution in [3.05, 3.63) is 46.4 Å². The second kappa shape index (κ2) is 5.94. The third-order valence-corrected chi connectivity index (χ3v) is 4.38. The fourth-order valence-electron chi connectivity index (χ4n) is 2.36. The zero-order valence-electron chi connectivity index (χ0n) is 11.4. The summed E-state index contributed by atoms with van der Waals surface area (Å²) in [4.78, 5) is 21.2. The van der Waals surface area contributed by atoms with Crippen molar-refractivity contribution in [2.24, 2.45) is 0 Å².